The number of carbonyl (C=O) groups is 2. The summed E-state index contributed by atoms with van der Waals surface area (Å²) >= 11 is 0. The predicted octanol–water partition coefficient (Wildman–Crippen LogP) is -0.260. The molecule has 8 heteroatoms. The van der Waals surface area contributed by atoms with Gasteiger partial charge in [0.25, 0.3) is 5.91 Å². The molecule has 0 aromatic heterocycles. The predicted molar refractivity (Wildman–Crippen MR) is 72.1 cm³/mol. The minimum atomic E-state index is -0.649. The Labute approximate surface area is 121 Å². The van der Waals surface area contributed by atoms with Crippen LogP contribution in [0.1, 0.15) is 11.7 Å². The van der Waals surface area contributed by atoms with E-state index in [4.69, 9.17) is 0 Å². The van der Waals surface area contributed by atoms with Gasteiger partial charge in [-0.2, -0.15) is 0 Å². The highest BCUT2D eigenvalue weighted by molar-refractivity contribution is 6.00. The van der Waals surface area contributed by atoms with Crippen LogP contribution >= 0.6 is 0 Å². The molecule has 0 bridgehead atoms. The van der Waals surface area contributed by atoms with Crippen molar-refractivity contribution in [3.8, 4) is 0 Å². The van der Waals surface area contributed by atoms with Crippen LogP contribution in [0.5, 0.6) is 0 Å². The Kier molecular flexibility index (Phi) is 3.36. The minimum absolute atomic E-state index is 0.349. The average molecular weight is 293 g/mol. The lowest BCUT2D eigenvalue weighted by Crippen LogP contribution is -2.76. The van der Waals surface area contributed by atoms with Crippen LogP contribution < -0.4 is 16.1 Å². The topological polar surface area (TPSA) is 76.7 Å². The van der Waals surface area contributed by atoms with Gasteiger partial charge in [0.2, 0.25) is 0 Å². The average Bonchev–Trinajstić information content (AvgIpc) is 2.46. The van der Waals surface area contributed by atoms with Gasteiger partial charge in [0.15, 0.2) is 0 Å². The Morgan fingerprint density at radius 3 is 2.62 bits per heavy atom. The Morgan fingerprint density at radius 2 is 1.90 bits per heavy atom. The van der Waals surface area contributed by atoms with Crippen LogP contribution in [0.2, 0.25) is 0 Å². The van der Waals surface area contributed by atoms with Crippen LogP contribution in [0.3, 0.4) is 0 Å². The molecule has 0 aliphatic carbocycles. The third-order valence-corrected chi connectivity index (χ3v) is 3.80. The molecule has 1 aromatic carbocycles. The van der Waals surface area contributed by atoms with Crippen molar-refractivity contribution in [2.75, 3.05) is 14.1 Å². The van der Waals surface area contributed by atoms with Crippen molar-refractivity contribution < 1.29 is 14.0 Å². The van der Waals surface area contributed by atoms with Crippen LogP contribution in [0, 0.1) is 5.82 Å². The number of hydrazine groups is 1. The molecule has 3 rings (SSSR count). The number of carbonyl (C=O) groups excluding carboxylic acids is 2. The number of nitrogens with zero attached hydrogens (tertiary/aromatic N) is 2. The minimum Gasteiger partial charge on any atom is -0.319 e. The zero-order valence-corrected chi connectivity index (χ0v) is 11.6. The molecule has 3 N–H and O–H groups in total. The molecule has 0 saturated carbocycles. The van der Waals surface area contributed by atoms with Crippen LogP contribution in [-0.2, 0) is 4.79 Å². The first-order chi connectivity index (χ1) is 9.99. The summed E-state index contributed by atoms with van der Waals surface area (Å²) in [7, 11) is 3.11. The summed E-state index contributed by atoms with van der Waals surface area (Å²) in [5.74, 6) is -0.714. The third kappa shape index (κ3) is 2.27. The summed E-state index contributed by atoms with van der Waals surface area (Å²) < 4.78 is 13.9. The van der Waals surface area contributed by atoms with Crippen LogP contribution in [-0.4, -0.2) is 48.2 Å². The molecule has 2 heterocycles. The monoisotopic (exact) mass is 293 g/mol. The van der Waals surface area contributed by atoms with E-state index in [2.05, 4.69) is 16.1 Å². The molecule has 3 atom stereocenters. The van der Waals surface area contributed by atoms with Crippen molar-refractivity contribution in [2.24, 2.45) is 0 Å². The highest BCUT2D eigenvalue weighted by Gasteiger charge is 2.45. The number of hydrogen-bond acceptors (Lipinski definition) is 5. The Bertz CT molecular complexity index is 596. The van der Waals surface area contributed by atoms with Crippen molar-refractivity contribution in [3.05, 3.63) is 35.6 Å². The second-order valence-electron chi connectivity index (χ2n) is 5.13. The van der Waals surface area contributed by atoms with Crippen molar-refractivity contribution in [3.63, 3.8) is 0 Å². The third-order valence-electron chi connectivity index (χ3n) is 3.80. The van der Waals surface area contributed by atoms with Crippen molar-refractivity contribution in [2.45, 2.75) is 18.4 Å². The van der Waals surface area contributed by atoms with Crippen LogP contribution in [0.4, 0.5) is 9.18 Å². The van der Waals surface area contributed by atoms with Gasteiger partial charge in [-0.05, 0) is 6.07 Å². The number of halogens is 1. The first-order valence-corrected chi connectivity index (χ1v) is 6.56. The zero-order chi connectivity index (χ0) is 15.1. The van der Waals surface area contributed by atoms with Gasteiger partial charge >= 0.3 is 6.03 Å². The van der Waals surface area contributed by atoms with E-state index >= 15 is 0 Å². The number of rotatable bonds is 1. The molecule has 2 fully saturated rings. The van der Waals surface area contributed by atoms with Crippen molar-refractivity contribution >= 4 is 11.9 Å². The smallest absolute Gasteiger partial charge is 0.319 e. The quantitative estimate of drug-likeness (QED) is 0.665. The highest BCUT2D eigenvalue weighted by Crippen LogP contribution is 2.22. The van der Waals surface area contributed by atoms with Gasteiger partial charge in [0.1, 0.15) is 24.2 Å². The van der Waals surface area contributed by atoms with E-state index in [1.165, 1.54) is 13.1 Å². The number of fused-ring (bicyclic) bond motifs is 1. The summed E-state index contributed by atoms with van der Waals surface area (Å²) in [6.45, 7) is 0. The first kappa shape index (κ1) is 13.9. The lowest BCUT2D eigenvalue weighted by atomic mass is 10.1. The van der Waals surface area contributed by atoms with Gasteiger partial charge in [0.05, 0.1) is 0 Å². The molecule has 21 heavy (non-hydrogen) atoms. The molecule has 3 unspecified atom stereocenters. The molecule has 2 aliphatic rings. The van der Waals surface area contributed by atoms with Crippen LogP contribution in [0.15, 0.2) is 24.3 Å². The number of amides is 3. The first-order valence-electron chi connectivity index (χ1n) is 6.56. The number of nitrogens with one attached hydrogen (secondary N) is 3. The van der Waals surface area contributed by atoms with Gasteiger partial charge in [-0.1, -0.05) is 18.2 Å². The van der Waals surface area contributed by atoms with Gasteiger partial charge in [-0.3, -0.25) is 15.0 Å². The number of urea groups is 1. The maximum absolute atomic E-state index is 13.9. The molecular formula is C13H16FN5O2. The Balaban J connectivity index is 1.89. The maximum atomic E-state index is 13.9. The fourth-order valence-corrected chi connectivity index (χ4v) is 2.60. The number of imide groups is 1. The fourth-order valence-electron chi connectivity index (χ4n) is 2.60. The molecule has 0 spiro atoms. The molecule has 2 aliphatic heterocycles. The van der Waals surface area contributed by atoms with Crippen molar-refractivity contribution in [1.82, 2.24) is 26.0 Å². The molecule has 2 saturated heterocycles. The normalized spacial score (nSPS) is 30.0. The van der Waals surface area contributed by atoms with E-state index in [0.29, 0.717) is 5.56 Å². The number of likely N-dealkylation sites (N-methyl/N-ethyl adjacent to an activating group) is 2. The lowest BCUT2D eigenvalue weighted by Gasteiger charge is -2.47. The van der Waals surface area contributed by atoms with E-state index in [0.717, 1.165) is 4.90 Å². The van der Waals surface area contributed by atoms with Gasteiger partial charge in [0, 0.05) is 19.7 Å². The van der Waals surface area contributed by atoms with Gasteiger partial charge < -0.3 is 5.32 Å². The standard InChI is InChI=1S/C13H16FN5O2/c1-18-12(20)9-11(16-13(18)21)19(2)17-10(15-9)7-5-3-4-6-8(7)14/h3-6,9-11,15,17H,1-2H3,(H,16,21). The van der Waals surface area contributed by atoms with Gasteiger partial charge in [-0.25, -0.2) is 19.6 Å². The van der Waals surface area contributed by atoms with E-state index in [1.54, 1.807) is 30.3 Å². The Hall–Kier alpha value is -2.03. The van der Waals surface area contributed by atoms with E-state index < -0.39 is 24.4 Å². The highest BCUT2D eigenvalue weighted by atomic mass is 19.1. The van der Waals surface area contributed by atoms with Crippen LogP contribution in [0.25, 0.3) is 0 Å². The summed E-state index contributed by atoms with van der Waals surface area (Å²) in [6.07, 6.45) is -1.07. The van der Waals surface area contributed by atoms with E-state index in [-0.39, 0.29) is 11.7 Å². The largest absolute Gasteiger partial charge is 0.325 e. The number of hydrogen-bond donors (Lipinski definition) is 3. The summed E-state index contributed by atoms with van der Waals surface area (Å²) in [5.41, 5.74) is 3.44. The molecular weight excluding hydrogens is 277 g/mol. The fraction of sp³-hybridized carbons (Fsp3) is 0.385. The maximum Gasteiger partial charge on any atom is 0.325 e. The second kappa shape index (κ2) is 5.06. The zero-order valence-electron chi connectivity index (χ0n) is 11.6. The molecule has 1 aromatic rings. The molecule has 0 radical (unpaired) electrons. The van der Waals surface area contributed by atoms with E-state index in [9.17, 15) is 14.0 Å². The number of benzene rings is 1. The molecule has 112 valence electrons. The molecule has 3 amide bonds. The second-order valence-corrected chi connectivity index (χ2v) is 5.13. The summed E-state index contributed by atoms with van der Waals surface area (Å²) in [4.78, 5) is 24.9. The molecule has 7 nitrogen and oxygen atoms in total. The van der Waals surface area contributed by atoms with Crippen molar-refractivity contribution in [1.29, 1.82) is 0 Å². The Morgan fingerprint density at radius 1 is 1.19 bits per heavy atom. The van der Waals surface area contributed by atoms with Gasteiger partial charge in [-0.15, -0.1) is 0 Å². The summed E-state index contributed by atoms with van der Waals surface area (Å²) in [5, 5.41) is 7.37. The summed E-state index contributed by atoms with van der Waals surface area (Å²) in [6, 6.07) is 5.23. The lowest BCUT2D eigenvalue weighted by molar-refractivity contribution is -0.138. The van der Waals surface area contributed by atoms with E-state index in [1.807, 2.05) is 0 Å². The SMILES string of the molecule is CN1C(=O)NC2C(NC(c3ccccc3F)NN2C)C1=O.